The molecule has 0 aliphatic heterocycles. The van der Waals surface area contributed by atoms with Crippen molar-refractivity contribution in [3.05, 3.63) is 0 Å². The predicted molar refractivity (Wildman–Crippen MR) is 61.6 cm³/mol. The van der Waals surface area contributed by atoms with Crippen molar-refractivity contribution in [1.82, 2.24) is 5.32 Å². The molecule has 0 aromatic carbocycles. The number of carbonyl (C=O) groups is 1. The highest BCUT2D eigenvalue weighted by molar-refractivity contribution is 5.76. The van der Waals surface area contributed by atoms with Crippen molar-refractivity contribution in [2.45, 2.75) is 45.6 Å². The maximum atomic E-state index is 11.4. The summed E-state index contributed by atoms with van der Waals surface area (Å²) < 4.78 is 5.16. The van der Waals surface area contributed by atoms with Gasteiger partial charge in [-0.25, -0.2) is 0 Å². The fraction of sp³-hybridized carbons (Fsp3) is 0.909. The SMILES string of the molecule is CCOCCCC(=O)NC(C)CCCN. The molecule has 0 heterocycles. The van der Waals surface area contributed by atoms with Crippen LogP contribution in [0.2, 0.25) is 0 Å². The van der Waals surface area contributed by atoms with Crippen LogP contribution >= 0.6 is 0 Å². The summed E-state index contributed by atoms with van der Waals surface area (Å²) in [5.41, 5.74) is 5.39. The molecule has 0 aromatic rings. The number of rotatable bonds is 9. The van der Waals surface area contributed by atoms with Crippen LogP contribution in [0.3, 0.4) is 0 Å². The first-order chi connectivity index (χ1) is 7.20. The molecule has 4 nitrogen and oxygen atoms in total. The third-order valence-corrected chi connectivity index (χ3v) is 2.15. The summed E-state index contributed by atoms with van der Waals surface area (Å²) in [5, 5.41) is 2.94. The molecule has 15 heavy (non-hydrogen) atoms. The highest BCUT2D eigenvalue weighted by Gasteiger charge is 2.06. The van der Waals surface area contributed by atoms with Gasteiger partial charge in [0.15, 0.2) is 0 Å². The number of hydrogen-bond acceptors (Lipinski definition) is 3. The molecule has 0 aliphatic carbocycles. The van der Waals surface area contributed by atoms with E-state index < -0.39 is 0 Å². The first-order valence-corrected chi connectivity index (χ1v) is 5.77. The van der Waals surface area contributed by atoms with Gasteiger partial charge in [0, 0.05) is 25.7 Å². The fourth-order valence-electron chi connectivity index (χ4n) is 1.32. The molecule has 3 N–H and O–H groups in total. The Morgan fingerprint density at radius 2 is 2.20 bits per heavy atom. The standard InChI is InChI=1S/C11H24N2O2/c1-3-15-9-5-7-11(14)13-10(2)6-4-8-12/h10H,3-9,12H2,1-2H3,(H,13,14). The second-order valence-corrected chi connectivity index (χ2v) is 3.70. The van der Waals surface area contributed by atoms with E-state index in [0.717, 1.165) is 19.3 Å². The Hall–Kier alpha value is -0.610. The molecular weight excluding hydrogens is 192 g/mol. The Bertz CT molecular complexity index is 163. The summed E-state index contributed by atoms with van der Waals surface area (Å²) in [7, 11) is 0. The number of nitrogens with two attached hydrogens (primary N) is 1. The first kappa shape index (κ1) is 14.4. The molecule has 90 valence electrons. The summed E-state index contributed by atoms with van der Waals surface area (Å²) in [4.78, 5) is 11.4. The second-order valence-electron chi connectivity index (χ2n) is 3.70. The fourth-order valence-corrected chi connectivity index (χ4v) is 1.32. The topological polar surface area (TPSA) is 64.3 Å². The Morgan fingerprint density at radius 1 is 1.47 bits per heavy atom. The summed E-state index contributed by atoms with van der Waals surface area (Å²) in [6.07, 6.45) is 3.25. The van der Waals surface area contributed by atoms with Gasteiger partial charge < -0.3 is 15.8 Å². The van der Waals surface area contributed by atoms with Crippen LogP contribution in [0.1, 0.15) is 39.5 Å². The molecule has 4 heteroatoms. The van der Waals surface area contributed by atoms with Gasteiger partial charge in [0.1, 0.15) is 0 Å². The van der Waals surface area contributed by atoms with Crippen molar-refractivity contribution in [1.29, 1.82) is 0 Å². The van der Waals surface area contributed by atoms with E-state index in [-0.39, 0.29) is 11.9 Å². The van der Waals surface area contributed by atoms with Gasteiger partial charge in [0.2, 0.25) is 5.91 Å². The molecule has 0 saturated heterocycles. The van der Waals surface area contributed by atoms with Gasteiger partial charge in [-0.05, 0) is 39.7 Å². The number of nitrogens with one attached hydrogen (secondary N) is 1. The molecule has 1 atom stereocenters. The van der Waals surface area contributed by atoms with E-state index in [1.54, 1.807) is 0 Å². The maximum Gasteiger partial charge on any atom is 0.220 e. The molecular formula is C11H24N2O2. The third kappa shape index (κ3) is 9.69. The Morgan fingerprint density at radius 3 is 2.80 bits per heavy atom. The van der Waals surface area contributed by atoms with Gasteiger partial charge >= 0.3 is 0 Å². The lowest BCUT2D eigenvalue weighted by Crippen LogP contribution is -2.32. The van der Waals surface area contributed by atoms with Gasteiger partial charge in [-0.15, -0.1) is 0 Å². The predicted octanol–water partition coefficient (Wildman–Crippen LogP) is 1.05. The molecule has 0 radical (unpaired) electrons. The molecule has 0 spiro atoms. The highest BCUT2D eigenvalue weighted by Crippen LogP contribution is 1.97. The lowest BCUT2D eigenvalue weighted by Gasteiger charge is -2.13. The van der Waals surface area contributed by atoms with E-state index in [1.807, 2.05) is 13.8 Å². The summed E-state index contributed by atoms with van der Waals surface area (Å²) >= 11 is 0. The lowest BCUT2D eigenvalue weighted by atomic mass is 10.2. The minimum absolute atomic E-state index is 0.110. The molecule has 0 bridgehead atoms. The molecule has 0 aliphatic rings. The quantitative estimate of drug-likeness (QED) is 0.566. The average molecular weight is 216 g/mol. The van der Waals surface area contributed by atoms with E-state index >= 15 is 0 Å². The number of hydrogen-bond donors (Lipinski definition) is 2. The smallest absolute Gasteiger partial charge is 0.220 e. The molecule has 1 amide bonds. The third-order valence-electron chi connectivity index (χ3n) is 2.15. The lowest BCUT2D eigenvalue weighted by molar-refractivity contribution is -0.122. The van der Waals surface area contributed by atoms with Crippen LogP contribution in [-0.2, 0) is 9.53 Å². The maximum absolute atomic E-state index is 11.4. The Labute approximate surface area is 92.6 Å². The van der Waals surface area contributed by atoms with E-state index in [0.29, 0.717) is 26.2 Å². The minimum atomic E-state index is 0.110. The number of carbonyl (C=O) groups excluding carboxylic acids is 1. The van der Waals surface area contributed by atoms with E-state index in [9.17, 15) is 4.79 Å². The van der Waals surface area contributed by atoms with Gasteiger partial charge in [-0.3, -0.25) is 4.79 Å². The van der Waals surface area contributed by atoms with Crippen LogP contribution in [0, 0.1) is 0 Å². The highest BCUT2D eigenvalue weighted by atomic mass is 16.5. The first-order valence-electron chi connectivity index (χ1n) is 5.77. The molecule has 0 rings (SSSR count). The van der Waals surface area contributed by atoms with Crippen LogP contribution in [-0.4, -0.2) is 31.7 Å². The normalized spacial score (nSPS) is 12.5. The molecule has 0 saturated carbocycles. The zero-order valence-electron chi connectivity index (χ0n) is 9.92. The van der Waals surface area contributed by atoms with Crippen LogP contribution in [0.4, 0.5) is 0 Å². The van der Waals surface area contributed by atoms with Crippen molar-refractivity contribution < 1.29 is 9.53 Å². The van der Waals surface area contributed by atoms with E-state index in [2.05, 4.69) is 5.32 Å². The summed E-state index contributed by atoms with van der Waals surface area (Å²) in [6.45, 7) is 6.03. The largest absolute Gasteiger partial charge is 0.382 e. The summed E-state index contributed by atoms with van der Waals surface area (Å²) in [6, 6.07) is 0.230. The van der Waals surface area contributed by atoms with Crippen molar-refractivity contribution in [3.63, 3.8) is 0 Å². The monoisotopic (exact) mass is 216 g/mol. The van der Waals surface area contributed by atoms with Crippen molar-refractivity contribution in [2.75, 3.05) is 19.8 Å². The van der Waals surface area contributed by atoms with Crippen LogP contribution < -0.4 is 11.1 Å². The van der Waals surface area contributed by atoms with Gasteiger partial charge in [0.05, 0.1) is 0 Å². The van der Waals surface area contributed by atoms with Crippen molar-refractivity contribution in [2.24, 2.45) is 5.73 Å². The average Bonchev–Trinajstić information content (AvgIpc) is 2.21. The molecule has 0 fully saturated rings. The minimum Gasteiger partial charge on any atom is -0.382 e. The molecule has 1 unspecified atom stereocenters. The Balaban J connectivity index is 3.38. The van der Waals surface area contributed by atoms with Crippen LogP contribution in [0.25, 0.3) is 0 Å². The van der Waals surface area contributed by atoms with E-state index in [4.69, 9.17) is 10.5 Å². The van der Waals surface area contributed by atoms with Crippen molar-refractivity contribution >= 4 is 5.91 Å². The number of amides is 1. The van der Waals surface area contributed by atoms with E-state index in [1.165, 1.54) is 0 Å². The zero-order valence-corrected chi connectivity index (χ0v) is 9.92. The second kappa shape index (κ2) is 9.93. The summed E-state index contributed by atoms with van der Waals surface area (Å²) in [5.74, 6) is 0.110. The van der Waals surface area contributed by atoms with Crippen molar-refractivity contribution in [3.8, 4) is 0 Å². The van der Waals surface area contributed by atoms with Gasteiger partial charge in [-0.2, -0.15) is 0 Å². The van der Waals surface area contributed by atoms with Crippen LogP contribution in [0.15, 0.2) is 0 Å². The number of ether oxygens (including phenoxy) is 1. The molecule has 0 aromatic heterocycles. The van der Waals surface area contributed by atoms with Crippen LogP contribution in [0.5, 0.6) is 0 Å². The van der Waals surface area contributed by atoms with Gasteiger partial charge in [0.25, 0.3) is 0 Å². The zero-order chi connectivity index (χ0) is 11.5. The van der Waals surface area contributed by atoms with Gasteiger partial charge in [-0.1, -0.05) is 0 Å². The Kier molecular flexibility index (Phi) is 9.52.